The van der Waals surface area contributed by atoms with Gasteiger partial charge in [-0.25, -0.2) is 0 Å². The van der Waals surface area contributed by atoms with Crippen LogP contribution >= 0.6 is 0 Å². The van der Waals surface area contributed by atoms with Gasteiger partial charge >= 0.3 is 0 Å². The summed E-state index contributed by atoms with van der Waals surface area (Å²) in [5, 5.41) is 0. The molecule has 30 heavy (non-hydrogen) atoms. The van der Waals surface area contributed by atoms with Crippen LogP contribution in [0.25, 0.3) is 0 Å². The zero-order valence-corrected chi connectivity index (χ0v) is 18.5. The number of aromatic nitrogens is 1. The summed E-state index contributed by atoms with van der Waals surface area (Å²) in [5.74, 6) is 1.80. The van der Waals surface area contributed by atoms with Crippen LogP contribution in [0.2, 0.25) is 0 Å². The second-order valence-electron chi connectivity index (χ2n) is 8.99. The van der Waals surface area contributed by atoms with Gasteiger partial charge in [0.15, 0.2) is 0 Å². The molecule has 2 fully saturated rings. The van der Waals surface area contributed by atoms with Crippen LogP contribution in [-0.4, -0.2) is 47.1 Å². The number of nitrogens with zero attached hydrogens (tertiary/aromatic N) is 3. The predicted molar refractivity (Wildman–Crippen MR) is 123 cm³/mol. The minimum absolute atomic E-state index is 0.708. The first-order valence-corrected chi connectivity index (χ1v) is 11.9. The van der Waals surface area contributed by atoms with Crippen LogP contribution in [0, 0.1) is 5.92 Å². The van der Waals surface area contributed by atoms with Crippen molar-refractivity contribution in [3.8, 4) is 5.75 Å². The summed E-state index contributed by atoms with van der Waals surface area (Å²) in [4.78, 5) is 9.71. The average molecular weight is 408 g/mol. The Morgan fingerprint density at radius 3 is 2.53 bits per heavy atom. The molecule has 0 spiro atoms. The lowest BCUT2D eigenvalue weighted by atomic mass is 9.94. The van der Waals surface area contributed by atoms with Crippen LogP contribution in [-0.2, 0) is 13.1 Å². The van der Waals surface area contributed by atoms with E-state index in [1.807, 2.05) is 18.5 Å². The molecule has 1 aromatic carbocycles. The number of para-hydroxylation sites is 1. The summed E-state index contributed by atoms with van der Waals surface area (Å²) in [6, 6.07) is 13.6. The van der Waals surface area contributed by atoms with Gasteiger partial charge in [-0.1, -0.05) is 37.1 Å². The van der Waals surface area contributed by atoms with Crippen molar-refractivity contribution in [2.24, 2.45) is 5.92 Å². The smallest absolute Gasteiger partial charge is 0.123 e. The minimum Gasteiger partial charge on any atom is -0.494 e. The van der Waals surface area contributed by atoms with Crippen molar-refractivity contribution < 1.29 is 4.74 Å². The van der Waals surface area contributed by atoms with E-state index < -0.39 is 0 Å². The molecule has 0 radical (unpaired) electrons. The maximum atomic E-state index is 5.90. The Labute approximate surface area is 182 Å². The number of rotatable bonds is 9. The van der Waals surface area contributed by atoms with E-state index in [1.165, 1.54) is 62.7 Å². The molecule has 0 amide bonds. The lowest BCUT2D eigenvalue weighted by Crippen LogP contribution is -2.42. The molecular formula is C26H37N3O. The SMILES string of the molecule is CCOc1ccccc1CN(Cc1cccnc1)CC1CCN(C2CCCC2)CC1. The molecule has 4 rings (SSSR count). The van der Waals surface area contributed by atoms with Crippen molar-refractivity contribution in [3.63, 3.8) is 0 Å². The summed E-state index contributed by atoms with van der Waals surface area (Å²) >= 11 is 0. The molecule has 2 aromatic rings. The van der Waals surface area contributed by atoms with Crippen molar-refractivity contribution in [2.45, 2.75) is 64.6 Å². The maximum Gasteiger partial charge on any atom is 0.123 e. The monoisotopic (exact) mass is 407 g/mol. The van der Waals surface area contributed by atoms with Gasteiger partial charge in [0.2, 0.25) is 0 Å². The molecule has 0 unspecified atom stereocenters. The Kier molecular flexibility index (Phi) is 7.76. The first-order valence-electron chi connectivity index (χ1n) is 11.9. The highest BCUT2D eigenvalue weighted by molar-refractivity contribution is 5.33. The van der Waals surface area contributed by atoms with E-state index in [1.54, 1.807) is 0 Å². The Bertz CT molecular complexity index is 752. The van der Waals surface area contributed by atoms with Crippen LogP contribution in [0.3, 0.4) is 0 Å². The van der Waals surface area contributed by atoms with Crippen molar-refractivity contribution in [1.82, 2.24) is 14.8 Å². The summed E-state index contributed by atoms with van der Waals surface area (Å²) in [7, 11) is 0. The van der Waals surface area contributed by atoms with Gasteiger partial charge in [-0.3, -0.25) is 9.88 Å². The molecule has 1 aromatic heterocycles. The van der Waals surface area contributed by atoms with Crippen LogP contribution in [0.5, 0.6) is 5.75 Å². The summed E-state index contributed by atoms with van der Waals surface area (Å²) in [6.45, 7) is 8.34. The van der Waals surface area contributed by atoms with Crippen molar-refractivity contribution in [2.75, 3.05) is 26.2 Å². The Morgan fingerprint density at radius 1 is 1.00 bits per heavy atom. The van der Waals surface area contributed by atoms with Crippen LogP contribution in [0.15, 0.2) is 48.8 Å². The number of piperidine rings is 1. The standard InChI is InChI=1S/C26H37N3O/c1-2-30-26-12-6-3-9-24(26)21-28(20-23-8-7-15-27-18-23)19-22-13-16-29(17-14-22)25-10-4-5-11-25/h3,6-9,12,15,18,22,25H,2,4-5,10-11,13-14,16-17,19-21H2,1H3. The third-order valence-corrected chi connectivity index (χ3v) is 6.80. The fraction of sp³-hybridized carbons (Fsp3) is 0.577. The number of likely N-dealkylation sites (tertiary alicyclic amines) is 1. The minimum atomic E-state index is 0.708. The number of hydrogen-bond donors (Lipinski definition) is 0. The zero-order chi connectivity index (χ0) is 20.6. The highest BCUT2D eigenvalue weighted by Gasteiger charge is 2.28. The Balaban J connectivity index is 1.40. The average Bonchev–Trinajstić information content (AvgIpc) is 3.31. The molecule has 2 aliphatic rings. The second-order valence-corrected chi connectivity index (χ2v) is 8.99. The van der Waals surface area contributed by atoms with E-state index in [-0.39, 0.29) is 0 Å². The van der Waals surface area contributed by atoms with Gasteiger partial charge in [0.1, 0.15) is 5.75 Å². The van der Waals surface area contributed by atoms with Crippen LogP contribution in [0.1, 0.15) is 56.6 Å². The van der Waals surface area contributed by atoms with E-state index in [0.29, 0.717) is 6.61 Å². The lowest BCUT2D eigenvalue weighted by Gasteiger charge is -2.38. The van der Waals surface area contributed by atoms with Crippen molar-refractivity contribution >= 4 is 0 Å². The highest BCUT2D eigenvalue weighted by atomic mass is 16.5. The van der Waals surface area contributed by atoms with Gasteiger partial charge in [-0.05, 0) is 69.3 Å². The molecule has 0 N–H and O–H groups in total. The van der Waals surface area contributed by atoms with Gasteiger partial charge in [0.05, 0.1) is 6.61 Å². The van der Waals surface area contributed by atoms with E-state index in [9.17, 15) is 0 Å². The fourth-order valence-corrected chi connectivity index (χ4v) is 5.24. The molecule has 1 aliphatic carbocycles. The molecule has 4 heteroatoms. The highest BCUT2D eigenvalue weighted by Crippen LogP contribution is 2.29. The first-order chi connectivity index (χ1) is 14.8. The largest absolute Gasteiger partial charge is 0.494 e. The van der Waals surface area contributed by atoms with Crippen molar-refractivity contribution in [1.29, 1.82) is 0 Å². The van der Waals surface area contributed by atoms with E-state index in [0.717, 1.165) is 37.3 Å². The molecule has 4 nitrogen and oxygen atoms in total. The third-order valence-electron chi connectivity index (χ3n) is 6.80. The van der Waals surface area contributed by atoms with Gasteiger partial charge < -0.3 is 9.64 Å². The number of hydrogen-bond acceptors (Lipinski definition) is 4. The van der Waals surface area contributed by atoms with Crippen molar-refractivity contribution in [3.05, 3.63) is 59.9 Å². The van der Waals surface area contributed by atoms with E-state index in [2.05, 4.69) is 52.0 Å². The molecule has 1 saturated heterocycles. The number of pyridine rings is 1. The van der Waals surface area contributed by atoms with Gasteiger partial charge in [0.25, 0.3) is 0 Å². The second kappa shape index (κ2) is 10.9. The molecule has 0 atom stereocenters. The quantitative estimate of drug-likeness (QED) is 0.576. The third kappa shape index (κ3) is 5.83. The molecule has 2 heterocycles. The molecule has 1 saturated carbocycles. The van der Waals surface area contributed by atoms with Crippen LogP contribution < -0.4 is 4.74 Å². The number of benzene rings is 1. The molecule has 1 aliphatic heterocycles. The van der Waals surface area contributed by atoms with E-state index >= 15 is 0 Å². The summed E-state index contributed by atoms with van der Waals surface area (Å²) in [5.41, 5.74) is 2.57. The normalized spacial score (nSPS) is 18.9. The fourth-order valence-electron chi connectivity index (χ4n) is 5.24. The Hall–Kier alpha value is -1.91. The first kappa shape index (κ1) is 21.3. The van der Waals surface area contributed by atoms with Gasteiger partial charge in [-0.15, -0.1) is 0 Å². The van der Waals surface area contributed by atoms with Gasteiger partial charge in [-0.2, -0.15) is 0 Å². The number of ether oxygens (including phenoxy) is 1. The van der Waals surface area contributed by atoms with Gasteiger partial charge in [0, 0.05) is 43.6 Å². The van der Waals surface area contributed by atoms with Crippen LogP contribution in [0.4, 0.5) is 0 Å². The predicted octanol–water partition coefficient (Wildman–Crippen LogP) is 5.14. The molecule has 162 valence electrons. The molecule has 0 bridgehead atoms. The summed E-state index contributed by atoms with van der Waals surface area (Å²) < 4.78 is 5.90. The zero-order valence-electron chi connectivity index (χ0n) is 18.5. The summed E-state index contributed by atoms with van der Waals surface area (Å²) in [6.07, 6.45) is 12.2. The molecular weight excluding hydrogens is 370 g/mol. The van der Waals surface area contributed by atoms with E-state index in [4.69, 9.17) is 4.74 Å². The maximum absolute atomic E-state index is 5.90. The topological polar surface area (TPSA) is 28.6 Å². The Morgan fingerprint density at radius 2 is 1.80 bits per heavy atom. The lowest BCUT2D eigenvalue weighted by molar-refractivity contribution is 0.106.